The van der Waals surface area contributed by atoms with E-state index in [0.717, 1.165) is 11.8 Å². The molecule has 0 aliphatic carbocycles. The van der Waals surface area contributed by atoms with E-state index in [1.165, 1.54) is 64.2 Å². The van der Waals surface area contributed by atoms with Crippen molar-refractivity contribution in [3.05, 3.63) is 0 Å². The van der Waals surface area contributed by atoms with Gasteiger partial charge in [-0.3, -0.25) is 0 Å². The summed E-state index contributed by atoms with van der Waals surface area (Å²) in [5.41, 5.74) is 0. The van der Waals surface area contributed by atoms with Gasteiger partial charge in [0.25, 0.3) is 0 Å². The molecule has 0 amide bonds. The monoisotopic (exact) mass is 226 g/mol. The molecule has 0 saturated heterocycles. The summed E-state index contributed by atoms with van der Waals surface area (Å²) in [6.45, 7) is 9.39. The zero-order valence-electron chi connectivity index (χ0n) is 12.2. The number of unbranched alkanes of at least 4 members (excludes halogenated alkanes) is 5. The maximum absolute atomic E-state index is 2.44. The van der Waals surface area contributed by atoms with Crippen molar-refractivity contribution in [1.29, 1.82) is 0 Å². The van der Waals surface area contributed by atoms with Gasteiger partial charge in [0.05, 0.1) is 0 Å². The lowest BCUT2D eigenvalue weighted by atomic mass is 9.95. The van der Waals surface area contributed by atoms with Crippen molar-refractivity contribution in [1.82, 2.24) is 0 Å². The summed E-state index contributed by atoms with van der Waals surface area (Å²) in [7, 11) is 0. The fraction of sp³-hybridized carbons (Fsp3) is 1.00. The lowest BCUT2D eigenvalue weighted by Gasteiger charge is -2.12. The SMILES string of the molecule is CCCCCCCCC(C)CCCC(C)C. The predicted molar refractivity (Wildman–Crippen MR) is 75.8 cm³/mol. The summed E-state index contributed by atoms with van der Waals surface area (Å²) in [5, 5.41) is 0. The van der Waals surface area contributed by atoms with Crippen LogP contribution in [0.5, 0.6) is 0 Å². The molecule has 0 spiro atoms. The van der Waals surface area contributed by atoms with Crippen molar-refractivity contribution < 1.29 is 0 Å². The van der Waals surface area contributed by atoms with Gasteiger partial charge in [0, 0.05) is 0 Å². The molecule has 16 heavy (non-hydrogen) atoms. The molecule has 0 saturated carbocycles. The third-order valence-corrected chi connectivity index (χ3v) is 3.53. The molecule has 0 heteroatoms. The van der Waals surface area contributed by atoms with Crippen LogP contribution in [0.2, 0.25) is 0 Å². The van der Waals surface area contributed by atoms with Crippen LogP contribution in [0.1, 0.15) is 91.9 Å². The molecule has 0 aromatic rings. The van der Waals surface area contributed by atoms with Gasteiger partial charge in [-0.05, 0) is 11.8 Å². The van der Waals surface area contributed by atoms with Crippen LogP contribution in [0.25, 0.3) is 0 Å². The van der Waals surface area contributed by atoms with Gasteiger partial charge in [0.15, 0.2) is 0 Å². The van der Waals surface area contributed by atoms with Crippen LogP contribution >= 0.6 is 0 Å². The second-order valence-electron chi connectivity index (χ2n) is 5.99. The average Bonchev–Trinajstić information content (AvgIpc) is 2.22. The van der Waals surface area contributed by atoms with Crippen molar-refractivity contribution in [3.63, 3.8) is 0 Å². The molecule has 0 aromatic carbocycles. The first-order valence-corrected chi connectivity index (χ1v) is 7.66. The fourth-order valence-corrected chi connectivity index (χ4v) is 2.29. The van der Waals surface area contributed by atoms with Crippen molar-refractivity contribution in [2.45, 2.75) is 91.9 Å². The Balaban J connectivity index is 3.14. The van der Waals surface area contributed by atoms with Gasteiger partial charge in [-0.15, -0.1) is 0 Å². The third-order valence-electron chi connectivity index (χ3n) is 3.53. The van der Waals surface area contributed by atoms with Crippen molar-refractivity contribution in [2.24, 2.45) is 11.8 Å². The zero-order valence-corrected chi connectivity index (χ0v) is 12.2. The Labute approximate surface area is 104 Å². The van der Waals surface area contributed by atoms with Crippen LogP contribution in [0.3, 0.4) is 0 Å². The summed E-state index contributed by atoms with van der Waals surface area (Å²) in [4.78, 5) is 0. The minimum Gasteiger partial charge on any atom is -0.0654 e. The highest BCUT2D eigenvalue weighted by Gasteiger charge is 2.02. The minimum atomic E-state index is 0.890. The maximum Gasteiger partial charge on any atom is -0.0443 e. The lowest BCUT2D eigenvalue weighted by molar-refractivity contribution is 0.418. The van der Waals surface area contributed by atoms with Crippen LogP contribution < -0.4 is 0 Å². The van der Waals surface area contributed by atoms with Gasteiger partial charge in [0.1, 0.15) is 0 Å². The molecular weight excluding hydrogens is 192 g/mol. The molecule has 1 atom stereocenters. The van der Waals surface area contributed by atoms with E-state index in [1.54, 1.807) is 0 Å². The lowest BCUT2D eigenvalue weighted by Crippen LogP contribution is -1.96. The van der Waals surface area contributed by atoms with E-state index in [2.05, 4.69) is 27.7 Å². The third kappa shape index (κ3) is 12.1. The van der Waals surface area contributed by atoms with Crippen LogP contribution in [-0.2, 0) is 0 Å². The topological polar surface area (TPSA) is 0 Å². The van der Waals surface area contributed by atoms with Crippen molar-refractivity contribution in [3.8, 4) is 0 Å². The Morgan fingerprint density at radius 2 is 1.19 bits per heavy atom. The molecule has 0 nitrogen and oxygen atoms in total. The van der Waals surface area contributed by atoms with E-state index in [-0.39, 0.29) is 0 Å². The van der Waals surface area contributed by atoms with Crippen LogP contribution in [0, 0.1) is 11.8 Å². The number of hydrogen-bond donors (Lipinski definition) is 0. The molecule has 0 fully saturated rings. The molecular formula is C16H34. The number of hydrogen-bond acceptors (Lipinski definition) is 0. The Morgan fingerprint density at radius 1 is 0.625 bits per heavy atom. The molecule has 0 aromatic heterocycles. The molecule has 0 bridgehead atoms. The second-order valence-corrected chi connectivity index (χ2v) is 5.99. The first-order chi connectivity index (χ1) is 7.66. The normalized spacial score (nSPS) is 13.3. The van der Waals surface area contributed by atoms with Gasteiger partial charge in [0.2, 0.25) is 0 Å². The highest BCUT2D eigenvalue weighted by molar-refractivity contribution is 4.56. The van der Waals surface area contributed by atoms with E-state index in [4.69, 9.17) is 0 Å². The summed E-state index contributed by atoms with van der Waals surface area (Å²) in [6.07, 6.45) is 14.4. The molecule has 0 radical (unpaired) electrons. The van der Waals surface area contributed by atoms with Gasteiger partial charge in [-0.1, -0.05) is 91.9 Å². The van der Waals surface area contributed by atoms with Crippen molar-refractivity contribution in [2.75, 3.05) is 0 Å². The molecule has 0 rings (SSSR count). The standard InChI is InChI=1S/C16H34/c1-5-6-7-8-9-10-13-16(4)14-11-12-15(2)3/h15-16H,5-14H2,1-4H3. The first-order valence-electron chi connectivity index (χ1n) is 7.66. The molecule has 1 unspecified atom stereocenters. The molecule has 98 valence electrons. The average molecular weight is 226 g/mol. The maximum atomic E-state index is 2.44. The first kappa shape index (κ1) is 16.0. The summed E-state index contributed by atoms with van der Waals surface area (Å²) < 4.78 is 0. The Morgan fingerprint density at radius 3 is 1.81 bits per heavy atom. The van der Waals surface area contributed by atoms with E-state index in [1.807, 2.05) is 0 Å². The van der Waals surface area contributed by atoms with Crippen LogP contribution in [0.15, 0.2) is 0 Å². The van der Waals surface area contributed by atoms with Crippen molar-refractivity contribution >= 4 is 0 Å². The minimum absolute atomic E-state index is 0.890. The zero-order chi connectivity index (χ0) is 12.2. The molecule has 0 heterocycles. The van der Waals surface area contributed by atoms with Gasteiger partial charge in [-0.2, -0.15) is 0 Å². The Hall–Kier alpha value is 0. The quantitative estimate of drug-likeness (QED) is 0.368. The Bertz CT molecular complexity index is 126. The summed E-state index contributed by atoms with van der Waals surface area (Å²) in [5.74, 6) is 1.85. The van der Waals surface area contributed by atoms with Crippen LogP contribution in [-0.4, -0.2) is 0 Å². The smallest absolute Gasteiger partial charge is 0.0443 e. The van der Waals surface area contributed by atoms with Gasteiger partial charge < -0.3 is 0 Å². The summed E-state index contributed by atoms with van der Waals surface area (Å²) in [6, 6.07) is 0. The number of rotatable bonds is 11. The molecule has 0 aliphatic heterocycles. The highest BCUT2D eigenvalue weighted by Crippen LogP contribution is 2.18. The van der Waals surface area contributed by atoms with E-state index < -0.39 is 0 Å². The molecule has 0 N–H and O–H groups in total. The Kier molecular flexibility index (Phi) is 11.5. The molecule has 0 aliphatic rings. The second kappa shape index (κ2) is 11.5. The van der Waals surface area contributed by atoms with E-state index >= 15 is 0 Å². The van der Waals surface area contributed by atoms with Gasteiger partial charge in [-0.25, -0.2) is 0 Å². The predicted octanol–water partition coefficient (Wildman–Crippen LogP) is 6.20. The fourth-order valence-electron chi connectivity index (χ4n) is 2.29. The van der Waals surface area contributed by atoms with Gasteiger partial charge >= 0.3 is 0 Å². The van der Waals surface area contributed by atoms with Crippen LogP contribution in [0.4, 0.5) is 0 Å². The van der Waals surface area contributed by atoms with E-state index in [0.29, 0.717) is 0 Å². The largest absolute Gasteiger partial charge is 0.0654 e. The summed E-state index contributed by atoms with van der Waals surface area (Å²) >= 11 is 0. The van der Waals surface area contributed by atoms with E-state index in [9.17, 15) is 0 Å². The highest BCUT2D eigenvalue weighted by atomic mass is 14.1.